The average Bonchev–Trinajstić information content (AvgIpc) is 2.71. The van der Waals surface area contributed by atoms with Crippen LogP contribution in [0.3, 0.4) is 0 Å². The van der Waals surface area contributed by atoms with Crippen molar-refractivity contribution in [2.24, 2.45) is 0 Å². The number of rotatable bonds is 7. The fourth-order valence-electron chi connectivity index (χ4n) is 1.40. The molecule has 1 rings (SSSR count). The zero-order valence-corrected chi connectivity index (χ0v) is 10.4. The third kappa shape index (κ3) is 3.84. The molecular formula is C10H17N3O2S. The SMILES string of the molecule is CCCCC(C)n1cnnc1SCC(=O)O. The Kier molecular flexibility index (Phi) is 5.31. The van der Waals surface area contributed by atoms with E-state index in [1.807, 2.05) is 4.57 Å². The van der Waals surface area contributed by atoms with Crippen molar-refractivity contribution in [3.63, 3.8) is 0 Å². The van der Waals surface area contributed by atoms with Crippen LogP contribution < -0.4 is 0 Å². The Morgan fingerprint density at radius 3 is 3.06 bits per heavy atom. The molecular weight excluding hydrogens is 226 g/mol. The lowest BCUT2D eigenvalue weighted by molar-refractivity contribution is -0.133. The van der Waals surface area contributed by atoms with Gasteiger partial charge in [-0.25, -0.2) is 0 Å². The van der Waals surface area contributed by atoms with Crippen LogP contribution >= 0.6 is 11.8 Å². The van der Waals surface area contributed by atoms with Gasteiger partial charge in [-0.05, 0) is 13.3 Å². The van der Waals surface area contributed by atoms with E-state index in [2.05, 4.69) is 24.0 Å². The highest BCUT2D eigenvalue weighted by atomic mass is 32.2. The predicted octanol–water partition coefficient (Wildman–Crippen LogP) is 2.21. The zero-order valence-electron chi connectivity index (χ0n) is 9.59. The minimum absolute atomic E-state index is 0.0270. The Morgan fingerprint density at radius 1 is 1.69 bits per heavy atom. The van der Waals surface area contributed by atoms with Crippen LogP contribution in [0, 0.1) is 0 Å². The summed E-state index contributed by atoms with van der Waals surface area (Å²) < 4.78 is 1.95. The van der Waals surface area contributed by atoms with E-state index in [4.69, 9.17) is 5.11 Å². The lowest BCUT2D eigenvalue weighted by atomic mass is 10.1. The molecule has 0 aliphatic rings. The Bertz CT molecular complexity index is 341. The molecule has 1 atom stereocenters. The summed E-state index contributed by atoms with van der Waals surface area (Å²) in [6.45, 7) is 4.25. The lowest BCUT2D eigenvalue weighted by Crippen LogP contribution is -2.07. The largest absolute Gasteiger partial charge is 0.481 e. The molecule has 6 heteroatoms. The second kappa shape index (κ2) is 6.52. The van der Waals surface area contributed by atoms with Gasteiger partial charge in [-0.1, -0.05) is 31.5 Å². The van der Waals surface area contributed by atoms with E-state index in [1.165, 1.54) is 11.8 Å². The van der Waals surface area contributed by atoms with Crippen molar-refractivity contribution in [2.75, 3.05) is 5.75 Å². The van der Waals surface area contributed by atoms with Crippen LogP contribution in [0.15, 0.2) is 11.5 Å². The number of carboxylic acids is 1. The number of carbonyl (C=O) groups is 1. The van der Waals surface area contributed by atoms with Crippen LogP contribution in [0.5, 0.6) is 0 Å². The normalized spacial score (nSPS) is 12.6. The Morgan fingerprint density at radius 2 is 2.44 bits per heavy atom. The van der Waals surface area contributed by atoms with E-state index in [0.29, 0.717) is 11.2 Å². The van der Waals surface area contributed by atoms with Gasteiger partial charge < -0.3 is 9.67 Å². The van der Waals surface area contributed by atoms with Crippen molar-refractivity contribution in [1.82, 2.24) is 14.8 Å². The predicted molar refractivity (Wildman–Crippen MR) is 62.6 cm³/mol. The molecule has 0 radical (unpaired) electrons. The van der Waals surface area contributed by atoms with E-state index < -0.39 is 5.97 Å². The van der Waals surface area contributed by atoms with E-state index in [0.717, 1.165) is 19.3 Å². The van der Waals surface area contributed by atoms with Gasteiger partial charge in [-0.15, -0.1) is 10.2 Å². The maximum atomic E-state index is 10.5. The fraction of sp³-hybridized carbons (Fsp3) is 0.700. The molecule has 0 amide bonds. The van der Waals surface area contributed by atoms with Crippen LogP contribution in [-0.4, -0.2) is 31.6 Å². The number of aromatic nitrogens is 3. The Hall–Kier alpha value is -1.04. The van der Waals surface area contributed by atoms with Crippen molar-refractivity contribution in [1.29, 1.82) is 0 Å². The van der Waals surface area contributed by atoms with Crippen LogP contribution in [0.25, 0.3) is 0 Å². The van der Waals surface area contributed by atoms with Crippen LogP contribution in [0.1, 0.15) is 39.2 Å². The molecule has 90 valence electrons. The second-order valence-electron chi connectivity index (χ2n) is 3.69. The number of hydrogen-bond acceptors (Lipinski definition) is 4. The van der Waals surface area contributed by atoms with Crippen LogP contribution in [0.4, 0.5) is 0 Å². The number of nitrogens with zero attached hydrogens (tertiary/aromatic N) is 3. The van der Waals surface area contributed by atoms with Gasteiger partial charge in [0.15, 0.2) is 5.16 Å². The molecule has 16 heavy (non-hydrogen) atoms. The minimum Gasteiger partial charge on any atom is -0.481 e. The molecule has 0 saturated heterocycles. The first kappa shape index (κ1) is 13.0. The number of thioether (sulfide) groups is 1. The molecule has 0 aliphatic carbocycles. The van der Waals surface area contributed by atoms with E-state index in [-0.39, 0.29) is 5.75 Å². The third-order valence-corrected chi connectivity index (χ3v) is 3.26. The standard InChI is InChI=1S/C10H17N3O2S/c1-3-4-5-8(2)13-7-11-12-10(13)16-6-9(14)15/h7-8H,3-6H2,1-2H3,(H,14,15). The summed E-state index contributed by atoms with van der Waals surface area (Å²) in [5, 5.41) is 17.0. The first-order chi connectivity index (χ1) is 7.65. The van der Waals surface area contributed by atoms with Crippen molar-refractivity contribution in [3.8, 4) is 0 Å². The summed E-state index contributed by atoms with van der Waals surface area (Å²) in [4.78, 5) is 10.5. The van der Waals surface area contributed by atoms with Gasteiger partial charge in [0.05, 0.1) is 5.75 Å². The smallest absolute Gasteiger partial charge is 0.313 e. The summed E-state index contributed by atoms with van der Waals surface area (Å²) in [6.07, 6.45) is 5.05. The third-order valence-electron chi connectivity index (χ3n) is 2.32. The van der Waals surface area contributed by atoms with Crippen LogP contribution in [0.2, 0.25) is 0 Å². The van der Waals surface area contributed by atoms with Crippen molar-refractivity contribution < 1.29 is 9.90 Å². The van der Waals surface area contributed by atoms with Crippen molar-refractivity contribution in [3.05, 3.63) is 6.33 Å². The first-order valence-corrected chi connectivity index (χ1v) is 6.37. The Balaban J connectivity index is 2.58. The van der Waals surface area contributed by atoms with E-state index in [9.17, 15) is 4.79 Å². The molecule has 5 nitrogen and oxygen atoms in total. The average molecular weight is 243 g/mol. The maximum absolute atomic E-state index is 10.5. The van der Waals surface area contributed by atoms with Crippen molar-refractivity contribution >= 4 is 17.7 Å². The second-order valence-corrected chi connectivity index (χ2v) is 4.64. The van der Waals surface area contributed by atoms with Crippen LogP contribution in [-0.2, 0) is 4.79 Å². The molecule has 1 aromatic heterocycles. The fourth-order valence-corrected chi connectivity index (χ4v) is 2.14. The summed E-state index contributed by atoms with van der Waals surface area (Å²) in [6, 6.07) is 0.325. The van der Waals surface area contributed by atoms with Gasteiger partial charge >= 0.3 is 5.97 Å². The van der Waals surface area contributed by atoms with Gasteiger partial charge in [0.25, 0.3) is 0 Å². The van der Waals surface area contributed by atoms with E-state index >= 15 is 0 Å². The van der Waals surface area contributed by atoms with Gasteiger partial charge in [0, 0.05) is 6.04 Å². The molecule has 0 aliphatic heterocycles. The monoisotopic (exact) mass is 243 g/mol. The number of carboxylic acid groups (broad SMARTS) is 1. The van der Waals surface area contributed by atoms with Crippen molar-refractivity contribution in [2.45, 2.75) is 44.3 Å². The molecule has 1 unspecified atom stereocenters. The topological polar surface area (TPSA) is 68.0 Å². The van der Waals surface area contributed by atoms with Gasteiger partial charge in [0.2, 0.25) is 0 Å². The van der Waals surface area contributed by atoms with Gasteiger partial charge in [-0.3, -0.25) is 4.79 Å². The quantitative estimate of drug-likeness (QED) is 0.744. The maximum Gasteiger partial charge on any atom is 0.313 e. The summed E-state index contributed by atoms with van der Waals surface area (Å²) >= 11 is 1.21. The summed E-state index contributed by atoms with van der Waals surface area (Å²) in [5.41, 5.74) is 0. The number of hydrogen-bond donors (Lipinski definition) is 1. The molecule has 1 heterocycles. The highest BCUT2D eigenvalue weighted by Gasteiger charge is 2.12. The number of unbranched alkanes of at least 4 members (excludes halogenated alkanes) is 1. The molecule has 1 N–H and O–H groups in total. The van der Waals surface area contributed by atoms with Gasteiger partial charge in [0.1, 0.15) is 6.33 Å². The lowest BCUT2D eigenvalue weighted by Gasteiger charge is -2.13. The van der Waals surface area contributed by atoms with Gasteiger partial charge in [-0.2, -0.15) is 0 Å². The molecule has 0 spiro atoms. The minimum atomic E-state index is -0.833. The highest BCUT2D eigenvalue weighted by Crippen LogP contribution is 2.21. The summed E-state index contributed by atoms with van der Waals surface area (Å²) in [7, 11) is 0. The first-order valence-electron chi connectivity index (χ1n) is 5.39. The number of aliphatic carboxylic acids is 1. The zero-order chi connectivity index (χ0) is 12.0. The molecule has 0 bridgehead atoms. The van der Waals surface area contributed by atoms with E-state index in [1.54, 1.807) is 6.33 Å². The Labute approximate surface area is 99.3 Å². The highest BCUT2D eigenvalue weighted by molar-refractivity contribution is 7.99. The summed E-state index contributed by atoms with van der Waals surface area (Å²) in [5.74, 6) is -0.806. The molecule has 0 aromatic carbocycles. The molecule has 1 aromatic rings. The molecule has 0 fully saturated rings. The molecule has 0 saturated carbocycles.